The van der Waals surface area contributed by atoms with Gasteiger partial charge < -0.3 is 10.2 Å². The maximum atomic E-state index is 11.3. The molecule has 0 radical (unpaired) electrons. The van der Waals surface area contributed by atoms with Crippen molar-refractivity contribution in [2.24, 2.45) is 0 Å². The Morgan fingerprint density at radius 1 is 1.12 bits per heavy atom. The van der Waals surface area contributed by atoms with Crippen molar-refractivity contribution in [1.82, 2.24) is 0 Å². The Morgan fingerprint density at radius 3 is 2.75 bits per heavy atom. The second-order valence-corrected chi connectivity index (χ2v) is 4.61. The molecule has 0 saturated carbocycles. The van der Waals surface area contributed by atoms with Crippen molar-refractivity contribution >= 4 is 17.3 Å². The summed E-state index contributed by atoms with van der Waals surface area (Å²) < 4.78 is 0. The number of hydrogen-bond acceptors (Lipinski definition) is 2. The fourth-order valence-corrected chi connectivity index (χ4v) is 2.56. The van der Waals surface area contributed by atoms with E-state index in [4.69, 9.17) is 0 Å². The summed E-state index contributed by atoms with van der Waals surface area (Å²) in [5.41, 5.74) is 3.41. The summed E-state index contributed by atoms with van der Waals surface area (Å²) in [5, 5.41) is 2.87. The SMILES string of the molecule is O=C1Cc2cc(N3CCCCC3)ccc2N1. The molecule has 0 aromatic heterocycles. The van der Waals surface area contributed by atoms with Gasteiger partial charge in [-0.1, -0.05) is 0 Å². The molecule has 1 aromatic carbocycles. The van der Waals surface area contributed by atoms with Crippen LogP contribution in [0.4, 0.5) is 11.4 Å². The van der Waals surface area contributed by atoms with Crippen molar-refractivity contribution < 1.29 is 4.79 Å². The molecule has 1 aromatic rings. The molecule has 2 aliphatic heterocycles. The van der Waals surface area contributed by atoms with Crippen LogP contribution in [0, 0.1) is 0 Å². The Kier molecular flexibility index (Phi) is 2.31. The molecule has 0 atom stereocenters. The number of anilines is 2. The van der Waals surface area contributed by atoms with E-state index >= 15 is 0 Å². The predicted molar refractivity (Wildman–Crippen MR) is 64.8 cm³/mol. The highest BCUT2D eigenvalue weighted by Gasteiger charge is 2.19. The molecule has 16 heavy (non-hydrogen) atoms. The first kappa shape index (κ1) is 9.70. The zero-order valence-electron chi connectivity index (χ0n) is 9.33. The van der Waals surface area contributed by atoms with E-state index in [1.54, 1.807) is 0 Å². The van der Waals surface area contributed by atoms with Gasteiger partial charge in [-0.25, -0.2) is 0 Å². The second-order valence-electron chi connectivity index (χ2n) is 4.61. The lowest BCUT2D eigenvalue weighted by Crippen LogP contribution is -2.29. The minimum absolute atomic E-state index is 0.116. The van der Waals surface area contributed by atoms with Crippen molar-refractivity contribution in [2.45, 2.75) is 25.7 Å². The smallest absolute Gasteiger partial charge is 0.228 e. The van der Waals surface area contributed by atoms with Crippen LogP contribution in [-0.2, 0) is 11.2 Å². The topological polar surface area (TPSA) is 32.3 Å². The van der Waals surface area contributed by atoms with Gasteiger partial charge in [-0.15, -0.1) is 0 Å². The molecule has 1 fully saturated rings. The summed E-state index contributed by atoms with van der Waals surface area (Å²) in [6.45, 7) is 2.31. The van der Waals surface area contributed by atoms with Gasteiger partial charge in [0.25, 0.3) is 0 Å². The average molecular weight is 216 g/mol. The Bertz CT molecular complexity index is 422. The fourth-order valence-electron chi connectivity index (χ4n) is 2.56. The number of carbonyl (C=O) groups excluding carboxylic acids is 1. The minimum atomic E-state index is 0.116. The number of nitrogens with one attached hydrogen (secondary N) is 1. The van der Waals surface area contributed by atoms with E-state index in [-0.39, 0.29) is 5.91 Å². The van der Waals surface area contributed by atoms with E-state index in [1.807, 2.05) is 6.07 Å². The number of amides is 1. The third kappa shape index (κ3) is 1.66. The van der Waals surface area contributed by atoms with Gasteiger partial charge in [0.2, 0.25) is 5.91 Å². The zero-order chi connectivity index (χ0) is 11.0. The predicted octanol–water partition coefficient (Wildman–Crippen LogP) is 2.17. The van der Waals surface area contributed by atoms with Crippen molar-refractivity contribution in [3.8, 4) is 0 Å². The van der Waals surface area contributed by atoms with Crippen LogP contribution in [0.25, 0.3) is 0 Å². The van der Waals surface area contributed by atoms with Crippen LogP contribution >= 0.6 is 0 Å². The summed E-state index contributed by atoms with van der Waals surface area (Å²) in [7, 11) is 0. The quantitative estimate of drug-likeness (QED) is 0.780. The van der Waals surface area contributed by atoms with E-state index < -0.39 is 0 Å². The lowest BCUT2D eigenvalue weighted by Gasteiger charge is -2.29. The molecular weight excluding hydrogens is 200 g/mol. The van der Waals surface area contributed by atoms with Crippen LogP contribution in [0.5, 0.6) is 0 Å². The van der Waals surface area contributed by atoms with Crippen LogP contribution in [-0.4, -0.2) is 19.0 Å². The van der Waals surface area contributed by atoms with E-state index in [2.05, 4.69) is 22.3 Å². The minimum Gasteiger partial charge on any atom is -0.372 e. The fraction of sp³-hybridized carbons (Fsp3) is 0.462. The average Bonchev–Trinajstić information content (AvgIpc) is 2.69. The Labute approximate surface area is 95.4 Å². The maximum absolute atomic E-state index is 11.3. The zero-order valence-corrected chi connectivity index (χ0v) is 9.33. The molecule has 1 N–H and O–H groups in total. The third-order valence-electron chi connectivity index (χ3n) is 3.44. The monoisotopic (exact) mass is 216 g/mol. The molecule has 0 unspecified atom stereocenters. The number of fused-ring (bicyclic) bond motifs is 1. The van der Waals surface area contributed by atoms with E-state index in [9.17, 15) is 4.79 Å². The number of nitrogens with zero attached hydrogens (tertiary/aromatic N) is 1. The first-order valence-corrected chi connectivity index (χ1v) is 6.01. The van der Waals surface area contributed by atoms with Gasteiger partial charge in [0, 0.05) is 24.5 Å². The van der Waals surface area contributed by atoms with E-state index in [0.29, 0.717) is 6.42 Å². The maximum Gasteiger partial charge on any atom is 0.228 e. The highest BCUT2D eigenvalue weighted by Crippen LogP contribution is 2.29. The number of benzene rings is 1. The summed E-state index contributed by atoms with van der Waals surface area (Å²) >= 11 is 0. The van der Waals surface area contributed by atoms with Gasteiger partial charge >= 0.3 is 0 Å². The molecule has 2 aliphatic rings. The lowest BCUT2D eigenvalue weighted by atomic mass is 10.1. The highest BCUT2D eigenvalue weighted by atomic mass is 16.1. The molecule has 84 valence electrons. The number of rotatable bonds is 1. The molecule has 1 saturated heterocycles. The second kappa shape index (κ2) is 3.81. The number of hydrogen-bond donors (Lipinski definition) is 1. The van der Waals surface area contributed by atoms with Crippen molar-refractivity contribution in [2.75, 3.05) is 23.3 Å². The first-order chi connectivity index (χ1) is 7.83. The molecule has 1 amide bonds. The Hall–Kier alpha value is -1.51. The van der Waals surface area contributed by atoms with Crippen LogP contribution in [0.2, 0.25) is 0 Å². The van der Waals surface area contributed by atoms with Gasteiger partial charge in [0.15, 0.2) is 0 Å². The molecule has 2 heterocycles. The molecule has 3 heteroatoms. The third-order valence-corrected chi connectivity index (χ3v) is 3.44. The van der Waals surface area contributed by atoms with Crippen molar-refractivity contribution in [3.05, 3.63) is 23.8 Å². The Morgan fingerprint density at radius 2 is 1.94 bits per heavy atom. The van der Waals surface area contributed by atoms with E-state index in [0.717, 1.165) is 24.3 Å². The highest BCUT2D eigenvalue weighted by molar-refractivity contribution is 5.99. The summed E-state index contributed by atoms with van der Waals surface area (Å²) in [6.07, 6.45) is 4.46. The molecule has 0 aliphatic carbocycles. The van der Waals surface area contributed by atoms with Crippen LogP contribution in [0.15, 0.2) is 18.2 Å². The summed E-state index contributed by atoms with van der Waals surface area (Å²) in [4.78, 5) is 13.7. The van der Waals surface area contributed by atoms with Crippen LogP contribution in [0.1, 0.15) is 24.8 Å². The largest absolute Gasteiger partial charge is 0.372 e. The molecule has 3 nitrogen and oxygen atoms in total. The van der Waals surface area contributed by atoms with Crippen molar-refractivity contribution in [1.29, 1.82) is 0 Å². The summed E-state index contributed by atoms with van der Waals surface area (Å²) in [5.74, 6) is 0.116. The van der Waals surface area contributed by atoms with Crippen molar-refractivity contribution in [3.63, 3.8) is 0 Å². The molecule has 0 bridgehead atoms. The van der Waals surface area contributed by atoms with Gasteiger partial charge in [-0.05, 0) is 43.0 Å². The Balaban J connectivity index is 1.86. The molecular formula is C13H16N2O. The summed E-state index contributed by atoms with van der Waals surface area (Å²) in [6, 6.07) is 6.32. The standard InChI is InChI=1S/C13H16N2O/c16-13-9-10-8-11(4-5-12(10)14-13)15-6-2-1-3-7-15/h4-5,8H,1-3,6-7,9H2,(H,14,16). The normalized spacial score (nSPS) is 19.5. The molecule has 3 rings (SSSR count). The van der Waals surface area contributed by atoms with E-state index in [1.165, 1.54) is 24.9 Å². The number of carbonyl (C=O) groups is 1. The van der Waals surface area contributed by atoms with Gasteiger partial charge in [0.05, 0.1) is 6.42 Å². The van der Waals surface area contributed by atoms with Crippen LogP contribution < -0.4 is 10.2 Å². The lowest BCUT2D eigenvalue weighted by molar-refractivity contribution is -0.115. The van der Waals surface area contributed by atoms with Gasteiger partial charge in [-0.3, -0.25) is 4.79 Å². The number of piperidine rings is 1. The van der Waals surface area contributed by atoms with Gasteiger partial charge in [-0.2, -0.15) is 0 Å². The van der Waals surface area contributed by atoms with Gasteiger partial charge in [0.1, 0.15) is 0 Å². The first-order valence-electron chi connectivity index (χ1n) is 6.01. The van der Waals surface area contributed by atoms with Crippen LogP contribution in [0.3, 0.4) is 0 Å². The molecule has 0 spiro atoms.